The number of ether oxygens (including phenoxy) is 2. The van der Waals surface area contributed by atoms with Crippen molar-refractivity contribution in [3.8, 4) is 16.9 Å². The van der Waals surface area contributed by atoms with Crippen LogP contribution in [-0.4, -0.2) is 41.2 Å². The second-order valence-corrected chi connectivity index (χ2v) is 6.57. The van der Waals surface area contributed by atoms with E-state index in [1.54, 1.807) is 31.2 Å². The van der Waals surface area contributed by atoms with Crippen molar-refractivity contribution in [1.82, 2.24) is 4.57 Å². The van der Waals surface area contributed by atoms with E-state index in [1.807, 2.05) is 4.57 Å². The van der Waals surface area contributed by atoms with Crippen molar-refractivity contribution in [3.05, 3.63) is 41.2 Å². The van der Waals surface area contributed by atoms with Crippen LogP contribution in [0.4, 0.5) is 0 Å². The molecule has 0 saturated heterocycles. The molecule has 1 aromatic heterocycles. The van der Waals surface area contributed by atoms with Crippen molar-refractivity contribution >= 4 is 17.8 Å². The molecule has 1 amide bonds. The van der Waals surface area contributed by atoms with Gasteiger partial charge in [0.05, 0.1) is 19.1 Å². The van der Waals surface area contributed by atoms with Gasteiger partial charge in [0.15, 0.2) is 0 Å². The van der Waals surface area contributed by atoms with Gasteiger partial charge in [-0.1, -0.05) is 12.1 Å². The third-order valence-electron chi connectivity index (χ3n) is 4.62. The van der Waals surface area contributed by atoms with Crippen LogP contribution >= 0.6 is 0 Å². The summed E-state index contributed by atoms with van der Waals surface area (Å²) in [7, 11) is 1.32. The van der Waals surface area contributed by atoms with Crippen LogP contribution in [0.25, 0.3) is 11.1 Å². The van der Waals surface area contributed by atoms with Crippen molar-refractivity contribution < 1.29 is 29.0 Å². The lowest BCUT2D eigenvalue weighted by Gasteiger charge is -2.13. The highest BCUT2D eigenvalue weighted by Gasteiger charge is 2.25. The Bertz CT molecular complexity index is 899. The lowest BCUT2D eigenvalue weighted by atomic mass is 9.98. The maximum atomic E-state index is 12.3. The quantitative estimate of drug-likeness (QED) is 0.489. The molecule has 8 heteroatoms. The Hall–Kier alpha value is -3.13. The third kappa shape index (κ3) is 5.23. The topological polar surface area (TPSA) is 121 Å². The van der Waals surface area contributed by atoms with Crippen LogP contribution in [0, 0.1) is 6.92 Å². The number of esters is 2. The number of benzene rings is 1. The molecule has 1 aromatic carbocycles. The summed E-state index contributed by atoms with van der Waals surface area (Å²) >= 11 is 0. The molecule has 0 radical (unpaired) electrons. The molecule has 0 unspecified atom stereocenters. The van der Waals surface area contributed by atoms with Gasteiger partial charge in [0.2, 0.25) is 0 Å². The lowest BCUT2D eigenvalue weighted by Crippen LogP contribution is -2.13. The van der Waals surface area contributed by atoms with Gasteiger partial charge in [0.25, 0.3) is 5.91 Å². The number of aromatic nitrogens is 1. The van der Waals surface area contributed by atoms with Crippen LogP contribution in [-0.2, 0) is 27.3 Å². The molecule has 0 atom stereocenters. The van der Waals surface area contributed by atoms with E-state index in [0.717, 1.165) is 5.69 Å². The number of primary amides is 1. The van der Waals surface area contributed by atoms with Crippen molar-refractivity contribution in [2.24, 2.45) is 5.73 Å². The number of amides is 1. The van der Waals surface area contributed by atoms with Crippen LogP contribution in [0.2, 0.25) is 0 Å². The Labute approximate surface area is 169 Å². The van der Waals surface area contributed by atoms with Gasteiger partial charge in [-0.25, -0.2) is 0 Å². The normalized spacial score (nSPS) is 10.6. The van der Waals surface area contributed by atoms with E-state index in [4.69, 9.17) is 15.2 Å². The molecule has 8 nitrogen and oxygen atoms in total. The van der Waals surface area contributed by atoms with Gasteiger partial charge in [0.1, 0.15) is 5.75 Å². The fourth-order valence-corrected chi connectivity index (χ4v) is 3.38. The molecule has 0 spiro atoms. The molecule has 29 heavy (non-hydrogen) atoms. The molecule has 0 aliphatic rings. The predicted octanol–water partition coefficient (Wildman–Crippen LogP) is 1.98. The van der Waals surface area contributed by atoms with Gasteiger partial charge in [0, 0.05) is 37.0 Å². The number of aliphatic hydroxyl groups is 1. The fraction of sp³-hybridized carbons (Fsp3) is 0.381. The summed E-state index contributed by atoms with van der Waals surface area (Å²) in [5.41, 5.74) is 8.81. The van der Waals surface area contributed by atoms with Gasteiger partial charge < -0.3 is 24.9 Å². The average molecular weight is 402 g/mol. The molecule has 0 saturated carbocycles. The van der Waals surface area contributed by atoms with Crippen LogP contribution in [0.1, 0.15) is 41.5 Å². The molecule has 1 heterocycles. The molecular formula is C21H26N2O6. The number of nitrogens with two attached hydrogens (primary N) is 1. The predicted molar refractivity (Wildman–Crippen MR) is 106 cm³/mol. The molecule has 0 fully saturated rings. The first-order valence-corrected chi connectivity index (χ1v) is 9.28. The number of aliphatic hydroxyl groups excluding tert-OH is 1. The first kappa shape index (κ1) is 22.2. The number of carbonyl (C=O) groups excluding carboxylic acids is 3. The molecule has 2 rings (SSSR count). The van der Waals surface area contributed by atoms with Gasteiger partial charge >= 0.3 is 11.9 Å². The molecular weight excluding hydrogens is 376 g/mol. The van der Waals surface area contributed by atoms with E-state index in [-0.39, 0.29) is 19.0 Å². The van der Waals surface area contributed by atoms with Gasteiger partial charge in [-0.2, -0.15) is 0 Å². The monoisotopic (exact) mass is 402 g/mol. The van der Waals surface area contributed by atoms with Crippen molar-refractivity contribution in [1.29, 1.82) is 0 Å². The summed E-state index contributed by atoms with van der Waals surface area (Å²) in [5, 5.41) is 9.25. The summed E-state index contributed by atoms with van der Waals surface area (Å²) in [6.07, 6.45) is 0.965. The van der Waals surface area contributed by atoms with E-state index < -0.39 is 11.9 Å². The molecule has 0 aliphatic carbocycles. The fourth-order valence-electron chi connectivity index (χ4n) is 3.38. The Balaban J connectivity index is 2.61. The Morgan fingerprint density at radius 3 is 2.34 bits per heavy atom. The standard InChI is InChI=1S/C21H26N2O6/c1-13-19(21(22)27)20(15-5-7-16(8-6-15)29-14(2)25)17(9-10-18(26)28-3)23(13)11-4-12-24/h5-8,24H,4,9-12H2,1-3H3,(H2,22,27). The van der Waals surface area contributed by atoms with Crippen LogP contribution < -0.4 is 10.5 Å². The third-order valence-corrected chi connectivity index (χ3v) is 4.62. The minimum Gasteiger partial charge on any atom is -0.469 e. The van der Waals surface area contributed by atoms with Crippen LogP contribution in [0.5, 0.6) is 5.75 Å². The highest BCUT2D eigenvalue weighted by molar-refractivity contribution is 6.02. The maximum Gasteiger partial charge on any atom is 0.308 e. The highest BCUT2D eigenvalue weighted by atomic mass is 16.5. The minimum absolute atomic E-state index is 0.00756. The zero-order chi connectivity index (χ0) is 21.6. The zero-order valence-corrected chi connectivity index (χ0v) is 16.9. The van der Waals surface area contributed by atoms with E-state index in [0.29, 0.717) is 47.5 Å². The van der Waals surface area contributed by atoms with Gasteiger partial charge in [-0.15, -0.1) is 0 Å². The molecule has 2 aromatic rings. The van der Waals surface area contributed by atoms with Gasteiger partial charge in [-0.05, 0) is 37.5 Å². The zero-order valence-electron chi connectivity index (χ0n) is 16.9. The van der Waals surface area contributed by atoms with E-state index in [1.165, 1.54) is 14.0 Å². The van der Waals surface area contributed by atoms with Gasteiger partial charge in [-0.3, -0.25) is 14.4 Å². The first-order chi connectivity index (χ1) is 13.8. The highest BCUT2D eigenvalue weighted by Crippen LogP contribution is 2.35. The smallest absolute Gasteiger partial charge is 0.308 e. The number of nitrogens with zero attached hydrogens (tertiary/aromatic N) is 1. The number of hydrogen-bond donors (Lipinski definition) is 2. The summed E-state index contributed by atoms with van der Waals surface area (Å²) < 4.78 is 11.7. The summed E-state index contributed by atoms with van der Waals surface area (Å²) in [5.74, 6) is -0.993. The Morgan fingerprint density at radius 2 is 1.83 bits per heavy atom. The van der Waals surface area contributed by atoms with Crippen molar-refractivity contribution in [2.75, 3.05) is 13.7 Å². The Kier molecular flexibility index (Phi) is 7.55. The van der Waals surface area contributed by atoms with Crippen molar-refractivity contribution in [2.45, 2.75) is 39.7 Å². The van der Waals surface area contributed by atoms with E-state index in [2.05, 4.69) is 0 Å². The second-order valence-electron chi connectivity index (χ2n) is 6.57. The molecule has 0 bridgehead atoms. The minimum atomic E-state index is -0.580. The van der Waals surface area contributed by atoms with Crippen LogP contribution in [0.3, 0.4) is 0 Å². The first-order valence-electron chi connectivity index (χ1n) is 9.28. The van der Waals surface area contributed by atoms with E-state index in [9.17, 15) is 19.5 Å². The second kappa shape index (κ2) is 9.88. The summed E-state index contributed by atoms with van der Waals surface area (Å²) in [4.78, 5) is 35.1. The summed E-state index contributed by atoms with van der Waals surface area (Å²) in [6.45, 7) is 3.57. The van der Waals surface area contributed by atoms with Crippen LogP contribution in [0.15, 0.2) is 24.3 Å². The Morgan fingerprint density at radius 1 is 1.17 bits per heavy atom. The molecule has 3 N–H and O–H groups in total. The maximum absolute atomic E-state index is 12.3. The number of rotatable bonds is 9. The number of carbonyl (C=O) groups is 3. The van der Waals surface area contributed by atoms with Crippen molar-refractivity contribution in [3.63, 3.8) is 0 Å². The molecule has 156 valence electrons. The summed E-state index contributed by atoms with van der Waals surface area (Å²) in [6, 6.07) is 6.73. The lowest BCUT2D eigenvalue weighted by molar-refractivity contribution is -0.140. The average Bonchev–Trinajstić information content (AvgIpc) is 2.96. The molecule has 0 aliphatic heterocycles. The number of methoxy groups -OCH3 is 1. The number of hydrogen-bond acceptors (Lipinski definition) is 6. The largest absolute Gasteiger partial charge is 0.469 e. The van der Waals surface area contributed by atoms with E-state index >= 15 is 0 Å². The SMILES string of the molecule is COC(=O)CCc1c(-c2ccc(OC(C)=O)cc2)c(C(N)=O)c(C)n1CCCO.